The van der Waals surface area contributed by atoms with Gasteiger partial charge in [-0.25, -0.2) is 12.8 Å². The number of benzene rings is 1. The minimum Gasteiger partial charge on any atom is -0.272 e. The summed E-state index contributed by atoms with van der Waals surface area (Å²) >= 11 is 0. The van der Waals surface area contributed by atoms with E-state index in [1.807, 2.05) is 19.1 Å². The molecular formula is C22H25FN4O2S. The van der Waals surface area contributed by atoms with Gasteiger partial charge in [0.25, 0.3) is 0 Å². The van der Waals surface area contributed by atoms with Crippen LogP contribution in [0.2, 0.25) is 0 Å². The highest BCUT2D eigenvalue weighted by Gasteiger charge is 2.33. The van der Waals surface area contributed by atoms with Crippen LogP contribution in [0.1, 0.15) is 35.8 Å². The highest BCUT2D eigenvalue weighted by atomic mass is 32.2. The van der Waals surface area contributed by atoms with Crippen LogP contribution in [-0.2, 0) is 17.1 Å². The molecule has 0 aliphatic carbocycles. The number of rotatable bonds is 4. The Morgan fingerprint density at radius 3 is 2.50 bits per heavy atom. The molecule has 6 nitrogen and oxygen atoms in total. The topological polar surface area (TPSA) is 68.1 Å². The Hall–Kier alpha value is -2.58. The number of sulfonamides is 1. The minimum atomic E-state index is -3.61. The Bertz CT molecular complexity index is 1170. The van der Waals surface area contributed by atoms with Gasteiger partial charge in [-0.15, -0.1) is 0 Å². The number of aromatic nitrogens is 3. The molecule has 1 saturated heterocycles. The molecule has 1 aliphatic heterocycles. The molecule has 3 aromatic rings. The van der Waals surface area contributed by atoms with Crippen molar-refractivity contribution in [1.29, 1.82) is 0 Å². The van der Waals surface area contributed by atoms with Gasteiger partial charge in [-0.05, 0) is 62.1 Å². The lowest BCUT2D eigenvalue weighted by Crippen LogP contribution is -2.39. The monoisotopic (exact) mass is 428 g/mol. The zero-order valence-corrected chi connectivity index (χ0v) is 18.2. The quantitative estimate of drug-likeness (QED) is 0.634. The van der Waals surface area contributed by atoms with Crippen molar-refractivity contribution in [2.75, 3.05) is 13.1 Å². The number of nitrogens with zero attached hydrogens (tertiary/aromatic N) is 4. The lowest BCUT2D eigenvalue weighted by atomic mass is 9.93. The molecule has 0 N–H and O–H groups in total. The maximum absolute atomic E-state index is 13.3. The molecule has 1 aromatic carbocycles. The first-order chi connectivity index (χ1) is 14.3. The van der Waals surface area contributed by atoms with E-state index in [4.69, 9.17) is 4.98 Å². The number of piperidine rings is 1. The van der Waals surface area contributed by atoms with Crippen LogP contribution in [0.15, 0.2) is 47.5 Å². The van der Waals surface area contributed by atoms with E-state index in [0.717, 1.165) is 35.4 Å². The lowest BCUT2D eigenvalue weighted by molar-refractivity contribution is 0.312. The Morgan fingerprint density at radius 2 is 1.83 bits per heavy atom. The van der Waals surface area contributed by atoms with Gasteiger partial charge in [-0.2, -0.15) is 9.40 Å². The summed E-state index contributed by atoms with van der Waals surface area (Å²) in [5.74, 6) is -0.270. The number of hydrogen-bond donors (Lipinski definition) is 0. The van der Waals surface area contributed by atoms with Gasteiger partial charge in [0.05, 0.1) is 11.9 Å². The lowest BCUT2D eigenvalue weighted by Gasteiger charge is -2.31. The summed E-state index contributed by atoms with van der Waals surface area (Å²) < 4.78 is 42.8. The first kappa shape index (κ1) is 20.7. The van der Waals surface area contributed by atoms with E-state index in [1.54, 1.807) is 35.1 Å². The van der Waals surface area contributed by atoms with Crippen molar-refractivity contribution in [3.05, 3.63) is 65.5 Å². The molecule has 1 aliphatic rings. The predicted molar refractivity (Wildman–Crippen MR) is 113 cm³/mol. The summed E-state index contributed by atoms with van der Waals surface area (Å²) in [7, 11) is -1.87. The summed E-state index contributed by atoms with van der Waals surface area (Å²) in [5, 5.41) is 4.09. The first-order valence-corrected chi connectivity index (χ1v) is 11.4. The Balaban J connectivity index is 1.63. The largest absolute Gasteiger partial charge is 0.272 e. The van der Waals surface area contributed by atoms with Crippen molar-refractivity contribution in [1.82, 2.24) is 19.1 Å². The van der Waals surface area contributed by atoms with E-state index >= 15 is 0 Å². The molecule has 0 radical (unpaired) electrons. The van der Waals surface area contributed by atoms with Crippen LogP contribution in [-0.4, -0.2) is 40.6 Å². The Kier molecular flexibility index (Phi) is 5.46. The molecule has 0 amide bonds. The SMILES string of the molecule is Cc1cc(-c2ccc(F)cc2)cc([C@H]2CCCN(S(=O)(=O)c3cnn(C)c3C)C2)n1. The summed E-state index contributed by atoms with van der Waals surface area (Å²) in [4.78, 5) is 4.96. The van der Waals surface area contributed by atoms with Gasteiger partial charge in [0.15, 0.2) is 0 Å². The third-order valence-electron chi connectivity index (χ3n) is 5.76. The van der Waals surface area contributed by atoms with Crippen LogP contribution in [0.4, 0.5) is 4.39 Å². The molecule has 4 rings (SSSR count). The third kappa shape index (κ3) is 3.89. The maximum atomic E-state index is 13.3. The molecule has 158 valence electrons. The fourth-order valence-electron chi connectivity index (χ4n) is 3.99. The third-order valence-corrected chi connectivity index (χ3v) is 7.73. The molecule has 1 fully saturated rings. The average Bonchev–Trinajstić information content (AvgIpc) is 3.07. The van der Waals surface area contributed by atoms with Crippen LogP contribution in [0.5, 0.6) is 0 Å². The van der Waals surface area contributed by atoms with Crippen LogP contribution in [0.3, 0.4) is 0 Å². The van der Waals surface area contributed by atoms with Crippen molar-refractivity contribution in [3.63, 3.8) is 0 Å². The normalized spacial score (nSPS) is 17.9. The number of aryl methyl sites for hydroxylation is 2. The second-order valence-corrected chi connectivity index (χ2v) is 9.76. The summed E-state index contributed by atoms with van der Waals surface area (Å²) in [5.41, 5.74) is 4.23. The van der Waals surface area contributed by atoms with Crippen LogP contribution < -0.4 is 0 Å². The van der Waals surface area contributed by atoms with Gasteiger partial charge in [-0.1, -0.05) is 12.1 Å². The molecule has 0 saturated carbocycles. The van der Waals surface area contributed by atoms with E-state index in [0.29, 0.717) is 18.8 Å². The second kappa shape index (κ2) is 7.92. The predicted octanol–water partition coefficient (Wildman–Crippen LogP) is 3.81. The molecule has 30 heavy (non-hydrogen) atoms. The molecule has 0 unspecified atom stereocenters. The maximum Gasteiger partial charge on any atom is 0.246 e. The minimum absolute atomic E-state index is 0.00426. The van der Waals surface area contributed by atoms with Crippen molar-refractivity contribution < 1.29 is 12.8 Å². The second-order valence-electron chi connectivity index (χ2n) is 7.85. The van der Waals surface area contributed by atoms with Crippen LogP contribution >= 0.6 is 0 Å². The summed E-state index contributed by atoms with van der Waals surface area (Å²) in [6, 6.07) is 10.3. The summed E-state index contributed by atoms with van der Waals surface area (Å²) in [6.45, 7) is 4.56. The highest BCUT2D eigenvalue weighted by molar-refractivity contribution is 7.89. The van der Waals surface area contributed by atoms with E-state index in [9.17, 15) is 12.8 Å². The van der Waals surface area contributed by atoms with Gasteiger partial charge < -0.3 is 0 Å². The van der Waals surface area contributed by atoms with Crippen molar-refractivity contribution >= 4 is 10.0 Å². The molecule has 3 heterocycles. The van der Waals surface area contributed by atoms with E-state index in [1.165, 1.54) is 18.3 Å². The molecule has 2 aromatic heterocycles. The highest BCUT2D eigenvalue weighted by Crippen LogP contribution is 2.32. The Morgan fingerprint density at radius 1 is 1.10 bits per heavy atom. The number of halogens is 1. The standard InChI is InChI=1S/C22H25FN4O2S/c1-15-11-19(17-6-8-20(23)9-7-17)12-21(25-15)18-5-4-10-27(14-18)30(28,29)22-13-24-26(3)16(22)2/h6-9,11-13,18H,4-5,10,14H2,1-3H3/t18-/m0/s1. The zero-order chi connectivity index (χ0) is 21.5. The van der Waals surface area contributed by atoms with Crippen molar-refractivity contribution in [2.24, 2.45) is 7.05 Å². The molecular weight excluding hydrogens is 403 g/mol. The zero-order valence-electron chi connectivity index (χ0n) is 17.3. The van der Waals surface area contributed by atoms with E-state index in [-0.39, 0.29) is 16.6 Å². The molecule has 0 bridgehead atoms. The number of hydrogen-bond acceptors (Lipinski definition) is 4. The van der Waals surface area contributed by atoms with Gasteiger partial charge >= 0.3 is 0 Å². The van der Waals surface area contributed by atoms with Gasteiger partial charge in [0.1, 0.15) is 10.7 Å². The van der Waals surface area contributed by atoms with Crippen molar-refractivity contribution in [3.8, 4) is 11.1 Å². The Labute approximate surface area is 176 Å². The molecule has 1 atom stereocenters. The fraction of sp³-hybridized carbons (Fsp3) is 0.364. The van der Waals surface area contributed by atoms with Crippen molar-refractivity contribution in [2.45, 2.75) is 37.5 Å². The first-order valence-electron chi connectivity index (χ1n) is 9.99. The van der Waals surface area contributed by atoms with Gasteiger partial charge in [0, 0.05) is 37.4 Å². The van der Waals surface area contributed by atoms with Crippen LogP contribution in [0.25, 0.3) is 11.1 Å². The van der Waals surface area contributed by atoms with E-state index in [2.05, 4.69) is 5.10 Å². The smallest absolute Gasteiger partial charge is 0.246 e. The van der Waals surface area contributed by atoms with Crippen LogP contribution in [0, 0.1) is 19.7 Å². The summed E-state index contributed by atoms with van der Waals surface area (Å²) in [6.07, 6.45) is 3.06. The average molecular weight is 429 g/mol. The van der Waals surface area contributed by atoms with E-state index < -0.39 is 10.0 Å². The molecule has 0 spiro atoms. The molecule has 8 heteroatoms. The number of pyridine rings is 1. The van der Waals surface area contributed by atoms with Gasteiger partial charge in [0.2, 0.25) is 10.0 Å². The van der Waals surface area contributed by atoms with Gasteiger partial charge in [-0.3, -0.25) is 9.67 Å². The fourth-order valence-corrected chi connectivity index (χ4v) is 5.69.